The van der Waals surface area contributed by atoms with Gasteiger partial charge in [0.2, 0.25) is 12.7 Å². The zero-order chi connectivity index (χ0) is 30.2. The summed E-state index contributed by atoms with van der Waals surface area (Å²) in [4.78, 5) is 0. The van der Waals surface area contributed by atoms with Gasteiger partial charge in [0.05, 0.1) is 16.6 Å². The molecule has 0 amide bonds. The van der Waals surface area contributed by atoms with Crippen LogP contribution in [0.3, 0.4) is 0 Å². The van der Waals surface area contributed by atoms with Crippen molar-refractivity contribution in [2.45, 2.75) is 13.8 Å². The minimum absolute atomic E-state index is 0.0609. The highest BCUT2D eigenvalue weighted by Crippen LogP contribution is 2.43. The van der Waals surface area contributed by atoms with Crippen molar-refractivity contribution in [3.63, 3.8) is 0 Å². The molecule has 7 aromatic carbocycles. The van der Waals surface area contributed by atoms with E-state index in [4.69, 9.17) is 0 Å². The Bertz CT molecular complexity index is 2460. The number of para-hydroxylation sites is 1. The van der Waals surface area contributed by atoms with Gasteiger partial charge in [-0.25, -0.2) is 4.68 Å². The lowest BCUT2D eigenvalue weighted by molar-refractivity contribution is 0.575. The predicted octanol–water partition coefficient (Wildman–Crippen LogP) is 8.64. The summed E-state index contributed by atoms with van der Waals surface area (Å²) in [5, 5.41) is 10.1. The molecule has 0 bridgehead atoms. The Morgan fingerprint density at radius 1 is 0.556 bits per heavy atom. The predicted molar refractivity (Wildman–Crippen MR) is 188 cm³/mol. The molecular weight excluding hydrogens is 550 g/mol. The molecule has 212 valence electrons. The SMILES string of the molecule is CC.Fc1nn2c3c(cccc13)B1c3c(cc(-c4ccccc4)cc3-2)-c2cccc3c(-c4ccccc4)c4ccccc4c1c23. The molecule has 0 aliphatic carbocycles. The van der Waals surface area contributed by atoms with Crippen molar-refractivity contribution in [1.29, 1.82) is 0 Å². The molecule has 8 aromatic rings. The summed E-state index contributed by atoms with van der Waals surface area (Å²) < 4.78 is 17.4. The van der Waals surface area contributed by atoms with Gasteiger partial charge in [0.1, 0.15) is 0 Å². The average Bonchev–Trinajstić information content (AvgIpc) is 3.46. The molecule has 2 aliphatic rings. The fourth-order valence-electron chi connectivity index (χ4n) is 7.86. The zero-order valence-corrected chi connectivity index (χ0v) is 25.1. The second-order valence-electron chi connectivity index (χ2n) is 11.6. The summed E-state index contributed by atoms with van der Waals surface area (Å²) in [6.07, 6.45) is 0. The number of nitrogens with zero attached hydrogens (tertiary/aromatic N) is 2. The van der Waals surface area contributed by atoms with Crippen molar-refractivity contribution in [1.82, 2.24) is 9.78 Å². The van der Waals surface area contributed by atoms with Crippen molar-refractivity contribution in [3.05, 3.63) is 139 Å². The molecule has 10 rings (SSSR count). The van der Waals surface area contributed by atoms with E-state index in [0.29, 0.717) is 5.39 Å². The van der Waals surface area contributed by atoms with Crippen LogP contribution < -0.4 is 16.4 Å². The Morgan fingerprint density at radius 2 is 1.20 bits per heavy atom. The smallest absolute Gasteiger partial charge is 0.231 e. The van der Waals surface area contributed by atoms with E-state index in [2.05, 4.69) is 120 Å². The number of hydrogen-bond acceptors (Lipinski definition) is 1. The van der Waals surface area contributed by atoms with Gasteiger partial charge < -0.3 is 0 Å². The second-order valence-corrected chi connectivity index (χ2v) is 11.6. The fraction of sp³-hybridized carbons (Fsp3) is 0.0488. The van der Waals surface area contributed by atoms with E-state index >= 15 is 4.39 Å². The van der Waals surface area contributed by atoms with Gasteiger partial charge in [-0.15, -0.1) is 5.10 Å². The van der Waals surface area contributed by atoms with Gasteiger partial charge in [-0.1, -0.05) is 135 Å². The van der Waals surface area contributed by atoms with E-state index in [1.165, 1.54) is 54.7 Å². The largest absolute Gasteiger partial charge is 0.249 e. The minimum Gasteiger partial charge on any atom is -0.231 e. The van der Waals surface area contributed by atoms with Crippen LogP contribution in [0.4, 0.5) is 4.39 Å². The summed E-state index contributed by atoms with van der Waals surface area (Å²) in [5.41, 5.74) is 12.5. The number of rotatable bonds is 2. The van der Waals surface area contributed by atoms with Crippen LogP contribution in [0, 0.1) is 5.95 Å². The van der Waals surface area contributed by atoms with Gasteiger partial charge in [0.15, 0.2) is 0 Å². The maximum atomic E-state index is 15.5. The van der Waals surface area contributed by atoms with E-state index in [0.717, 1.165) is 27.8 Å². The Kier molecular flexibility index (Phi) is 5.64. The maximum Gasteiger partial charge on any atom is 0.249 e. The molecule has 1 aromatic heterocycles. The van der Waals surface area contributed by atoms with Gasteiger partial charge in [-0.3, -0.25) is 0 Å². The van der Waals surface area contributed by atoms with Crippen LogP contribution in [0.25, 0.3) is 71.5 Å². The maximum absolute atomic E-state index is 15.5. The third kappa shape index (κ3) is 3.48. The van der Waals surface area contributed by atoms with Gasteiger partial charge in [0.25, 0.3) is 0 Å². The topological polar surface area (TPSA) is 17.8 Å². The molecule has 3 heterocycles. The first-order valence-electron chi connectivity index (χ1n) is 15.7. The van der Waals surface area contributed by atoms with Crippen LogP contribution in [0.2, 0.25) is 0 Å². The van der Waals surface area contributed by atoms with E-state index < -0.39 is 5.95 Å². The number of benzene rings is 7. The molecule has 2 nitrogen and oxygen atoms in total. The first-order valence-corrected chi connectivity index (χ1v) is 15.7. The monoisotopic (exact) mass is 578 g/mol. The molecule has 2 aliphatic heterocycles. The average molecular weight is 578 g/mol. The van der Waals surface area contributed by atoms with E-state index in [9.17, 15) is 0 Å². The third-order valence-electron chi connectivity index (χ3n) is 9.51. The molecule has 0 N–H and O–H groups in total. The van der Waals surface area contributed by atoms with Crippen LogP contribution in [0.1, 0.15) is 13.8 Å². The van der Waals surface area contributed by atoms with E-state index in [1.54, 1.807) is 0 Å². The molecular formula is C41H28BFN2. The molecule has 0 spiro atoms. The fourth-order valence-corrected chi connectivity index (χ4v) is 7.86. The Morgan fingerprint density at radius 3 is 1.98 bits per heavy atom. The second kappa shape index (κ2) is 9.77. The lowest BCUT2D eigenvalue weighted by Crippen LogP contribution is -2.58. The summed E-state index contributed by atoms with van der Waals surface area (Å²) >= 11 is 0. The minimum atomic E-state index is -0.429. The quantitative estimate of drug-likeness (QED) is 0.148. The first-order chi connectivity index (χ1) is 22.3. The molecule has 0 atom stereocenters. The lowest BCUT2D eigenvalue weighted by Gasteiger charge is -2.35. The van der Waals surface area contributed by atoms with E-state index in [-0.39, 0.29) is 6.71 Å². The number of hydrogen-bond donors (Lipinski definition) is 0. The highest BCUT2D eigenvalue weighted by Gasteiger charge is 2.41. The molecule has 0 saturated heterocycles. The molecule has 0 fully saturated rings. The molecule has 45 heavy (non-hydrogen) atoms. The lowest BCUT2D eigenvalue weighted by atomic mass is 9.32. The normalized spacial score (nSPS) is 12.3. The molecule has 0 saturated carbocycles. The van der Waals surface area contributed by atoms with Gasteiger partial charge >= 0.3 is 0 Å². The van der Waals surface area contributed by atoms with Crippen LogP contribution in [-0.4, -0.2) is 16.5 Å². The molecule has 4 heteroatoms. The summed E-state index contributed by atoms with van der Waals surface area (Å²) in [5.74, 6) is -0.429. The van der Waals surface area contributed by atoms with Gasteiger partial charge in [-0.2, -0.15) is 4.39 Å². The summed E-state index contributed by atoms with van der Waals surface area (Å²) in [6.45, 7) is 3.94. The molecule has 0 radical (unpaired) electrons. The van der Waals surface area contributed by atoms with Crippen molar-refractivity contribution < 1.29 is 4.39 Å². The van der Waals surface area contributed by atoms with Crippen molar-refractivity contribution in [2.75, 3.05) is 0 Å². The van der Waals surface area contributed by atoms with Crippen LogP contribution in [0.15, 0.2) is 133 Å². The third-order valence-corrected chi connectivity index (χ3v) is 9.51. The highest BCUT2D eigenvalue weighted by atomic mass is 19.1. The number of halogens is 1. The molecule has 0 unspecified atom stereocenters. The van der Waals surface area contributed by atoms with Gasteiger partial charge in [0, 0.05) is 0 Å². The Labute approximate surface area is 261 Å². The first kappa shape index (κ1) is 26.0. The van der Waals surface area contributed by atoms with E-state index in [1.807, 2.05) is 36.7 Å². The standard InChI is InChI=1S/C39H22BFN2.C2H6/c41-39-30-19-10-20-32-38(30)43(42-39)33-22-25(23-11-3-1-4-12-23)21-31-27-17-9-18-29-34(24-13-5-2-6-14-24)26-15-7-8-16-28(26)37(35(27)29)40(32)36(31)33;1-2/h1-22H;1-2H3. The Hall–Kier alpha value is -5.48. The van der Waals surface area contributed by atoms with Crippen molar-refractivity contribution in [2.24, 2.45) is 0 Å². The summed E-state index contributed by atoms with van der Waals surface area (Å²) in [7, 11) is 0. The summed E-state index contributed by atoms with van der Waals surface area (Å²) in [6, 6.07) is 47.2. The van der Waals surface area contributed by atoms with Crippen molar-refractivity contribution >= 4 is 55.5 Å². The zero-order valence-electron chi connectivity index (χ0n) is 25.1. The van der Waals surface area contributed by atoms with Gasteiger partial charge in [-0.05, 0) is 84.1 Å². The van der Waals surface area contributed by atoms with Crippen LogP contribution in [0.5, 0.6) is 0 Å². The Balaban J connectivity index is 0.00000138. The van der Waals surface area contributed by atoms with Crippen LogP contribution in [-0.2, 0) is 0 Å². The van der Waals surface area contributed by atoms with Crippen LogP contribution >= 0.6 is 0 Å². The number of aromatic nitrogens is 2. The van der Waals surface area contributed by atoms with Crippen molar-refractivity contribution in [3.8, 4) is 39.1 Å². The number of fused-ring (bicyclic) bond motifs is 6. The highest BCUT2D eigenvalue weighted by molar-refractivity contribution is 7.02.